The summed E-state index contributed by atoms with van der Waals surface area (Å²) in [6.45, 7) is 26.4. The van der Waals surface area contributed by atoms with Crippen molar-refractivity contribution in [2.75, 3.05) is 28.4 Å². The Labute approximate surface area is 737 Å². The number of methoxy groups -OCH3 is 4. The molecule has 0 N–H and O–H groups in total. The Balaban J connectivity index is 0.000000165. The molecular weight excluding hydrogens is 1590 g/mol. The van der Waals surface area contributed by atoms with E-state index < -0.39 is 8.25 Å². The van der Waals surface area contributed by atoms with Gasteiger partial charge in [0.25, 0.3) is 0 Å². The molecule has 0 bridgehead atoms. The first-order chi connectivity index (χ1) is 51.0. The molecule has 4 aromatic heterocycles. The third kappa shape index (κ3) is 20.2. The van der Waals surface area contributed by atoms with Crippen molar-refractivity contribution in [2.24, 2.45) is 0 Å². The Morgan fingerprint density at radius 3 is 1.36 bits per heavy atom. The fourth-order valence-corrected chi connectivity index (χ4v) is 19.8. The number of benzene rings is 8. The van der Waals surface area contributed by atoms with Crippen LogP contribution in [-0.2, 0) is 18.5 Å². The van der Waals surface area contributed by atoms with Crippen LogP contribution in [0.25, 0.3) is 99.4 Å². The number of pyridine rings is 2. The summed E-state index contributed by atoms with van der Waals surface area (Å²) in [5.74, 6) is 3.42. The average Bonchev–Trinajstić information content (AvgIpc) is 1.65. The minimum absolute atomic E-state index is 0. The molecule has 1 saturated heterocycles. The molecule has 1 unspecified atom stereocenters. The Kier molecular flexibility index (Phi) is 33.4. The van der Waals surface area contributed by atoms with Gasteiger partial charge in [-0.05, 0) is 202 Å². The fourth-order valence-electron chi connectivity index (χ4n) is 14.6. The summed E-state index contributed by atoms with van der Waals surface area (Å²) >= 11 is 9.90. The summed E-state index contributed by atoms with van der Waals surface area (Å²) < 4.78 is 51.6. The van der Waals surface area contributed by atoms with Crippen molar-refractivity contribution in [1.29, 1.82) is 0 Å². The molecule has 0 spiro atoms. The van der Waals surface area contributed by atoms with E-state index in [1.165, 1.54) is 149 Å². The molecule has 540 valence electrons. The predicted octanol–water partition coefficient (Wildman–Crippen LogP) is 18.1. The Morgan fingerprint density at radius 2 is 0.953 bits per heavy atom. The summed E-state index contributed by atoms with van der Waals surface area (Å²) in [6.07, 6.45) is 18.2. The Bertz CT molecular complexity index is 5070. The van der Waals surface area contributed by atoms with Crippen LogP contribution in [0.5, 0.6) is 23.0 Å². The van der Waals surface area contributed by atoms with Crippen molar-refractivity contribution >= 4 is 189 Å². The molecule has 8 aromatic carbocycles. The normalized spacial score (nSPS) is 14.8. The number of aromatic nitrogens is 4. The third-order valence-electron chi connectivity index (χ3n) is 20.3. The van der Waals surface area contributed by atoms with Crippen LogP contribution in [0.1, 0.15) is 124 Å². The van der Waals surface area contributed by atoms with Crippen LogP contribution in [0.15, 0.2) is 210 Å². The van der Waals surface area contributed by atoms with Gasteiger partial charge in [0.1, 0.15) is 34.3 Å². The molecule has 5 heterocycles. The number of hydrogen-bond donors (Lipinski definition) is 0. The van der Waals surface area contributed by atoms with Crippen molar-refractivity contribution in [1.82, 2.24) is 18.8 Å². The minimum atomic E-state index is -3.15. The number of hydrogen-bond acceptors (Lipinski definition) is 12. The molecule has 3 aliphatic rings. The van der Waals surface area contributed by atoms with Crippen molar-refractivity contribution in [2.45, 2.75) is 135 Å². The van der Waals surface area contributed by atoms with Crippen LogP contribution in [0, 0.1) is 0 Å². The van der Waals surface area contributed by atoms with E-state index in [1.807, 2.05) is 109 Å². The molecule has 0 radical (unpaired) electrons. The predicted molar refractivity (Wildman–Crippen MR) is 446 cm³/mol. The van der Waals surface area contributed by atoms with Crippen molar-refractivity contribution in [3.8, 4) is 56.6 Å². The van der Waals surface area contributed by atoms with E-state index in [0.29, 0.717) is 0 Å². The van der Waals surface area contributed by atoms with Gasteiger partial charge in [0, 0.05) is 41.6 Å². The SMILES string of the molecule is C=C(C)B1OC(C)(C)C(C)(C)O1.C=C(C)c1cccc(C(=C)C)c1-c1cnc2c3cc(OC)ccc3c3ccccc3n12.COc1ccc2c3ccccc3n3c(-c4c(Br)cccc4Br)cnc3c2c1.COc1cccc(OC)c1-c1cccc(P(C2CCCCC2)C2CCCCC2)c1.O=[P+]([O-])O[O-].[K+].[K][K]. The van der Waals surface area contributed by atoms with E-state index in [0.717, 1.165) is 138 Å². The van der Waals surface area contributed by atoms with Crippen molar-refractivity contribution in [3.05, 3.63) is 221 Å². The maximum absolute atomic E-state index is 8.87. The number of rotatable bonds is 14. The van der Waals surface area contributed by atoms with Gasteiger partial charge in [-0.25, -0.2) is 14.6 Å². The zero-order valence-electron chi connectivity index (χ0n) is 64.2. The Hall–Kier alpha value is -3.14. The van der Waals surface area contributed by atoms with Crippen molar-refractivity contribution < 1.29 is 99.0 Å². The number of ether oxygens (including phenoxy) is 4. The maximum atomic E-state index is 8.87. The zero-order valence-corrected chi connectivity index (χ0v) is 78.5. The number of fused-ring (bicyclic) bond motifs is 12. The summed E-state index contributed by atoms with van der Waals surface area (Å²) in [4.78, 5) is 18.6. The molecule has 14 nitrogen and oxygen atoms in total. The molecule has 3 fully saturated rings. The molecule has 2 saturated carbocycles. The van der Waals surface area contributed by atoms with E-state index in [9.17, 15) is 0 Å². The van der Waals surface area contributed by atoms with Gasteiger partial charge in [0.05, 0.1) is 80.0 Å². The van der Waals surface area contributed by atoms with Crippen LogP contribution in [0.4, 0.5) is 0 Å². The molecule has 107 heavy (non-hydrogen) atoms. The van der Waals surface area contributed by atoms with Crippen LogP contribution in [0.2, 0.25) is 0 Å². The molecule has 0 amide bonds. The van der Waals surface area contributed by atoms with Gasteiger partial charge in [0.15, 0.2) is 0 Å². The van der Waals surface area contributed by atoms with E-state index in [1.54, 1.807) is 33.7 Å². The monoisotopic (exact) mass is 1670 g/mol. The van der Waals surface area contributed by atoms with Crippen LogP contribution >= 0.6 is 48.0 Å². The second-order valence-electron chi connectivity index (χ2n) is 27.7. The van der Waals surface area contributed by atoms with E-state index in [2.05, 4.69) is 180 Å². The summed E-state index contributed by atoms with van der Waals surface area (Å²) in [5, 5.41) is 17.0. The standard InChI is InChI=1S/C28H24N2O.C26H35O2P.C22H14Br2N2O.C9H17BO2.3K.HO4P/c1-17(2)20-10-8-11-21(18(3)4)27(20)26-16-29-28-24-15-19(31-5)13-14-22(24)23-9-6-7-12-25(23)30(26)28;1-27-24-17-10-18-25(28-2)26(24)20-11-9-16-23(19-20)29(21-12-5-3-6-13-21)22-14-7-4-8-15-22;1-27-13-9-10-14-15-5-2-3-8-19(15)26-20(12-25-22(26)16(14)11-13)21-17(23)6-4-7-18(21)24;1-7(2)10-11-8(3,4)9(5,6)12-10;;;;1-4-5(2)3/h6-16H,1,3H2,2,4-5H3;9-11,16-19,21-22H,3-8,12-15H2,1-2H3;2-12H,1H3;1H2,2-6H3;;;;1H/q;;;;;;+1;/p-1. The van der Waals surface area contributed by atoms with E-state index in [4.69, 9.17) is 52.9 Å². The van der Waals surface area contributed by atoms with Gasteiger partial charge in [-0.2, -0.15) is 0 Å². The summed E-state index contributed by atoms with van der Waals surface area (Å²) in [5.41, 5.74) is 17.2. The first kappa shape index (κ1) is 87.8. The van der Waals surface area contributed by atoms with Gasteiger partial charge < -0.3 is 38.4 Å². The molecule has 1 atom stereocenters. The molecular formula is C85H90BBr2K3N4O10P2. The zero-order chi connectivity index (χ0) is 76.1. The third-order valence-corrected chi connectivity index (χ3v) is 25.2. The van der Waals surface area contributed by atoms with E-state index >= 15 is 0 Å². The molecule has 22 heteroatoms. The van der Waals surface area contributed by atoms with Crippen LogP contribution in [-0.4, -0.2) is 140 Å². The first-order valence-corrected chi connectivity index (χ1v) is 56.4. The van der Waals surface area contributed by atoms with Gasteiger partial charge in [0.2, 0.25) is 0 Å². The quantitative estimate of drug-likeness (QED) is 0.0333. The number of imidazole rings is 2. The van der Waals surface area contributed by atoms with Crippen LogP contribution in [0.3, 0.4) is 0 Å². The van der Waals surface area contributed by atoms with E-state index in [-0.39, 0.29) is 77.6 Å². The van der Waals surface area contributed by atoms with Crippen LogP contribution < -0.4 is 85.8 Å². The fraction of sp³-hybridized carbons (Fsp3) is 0.294. The first-order valence-electron chi connectivity index (χ1n) is 36.2. The molecule has 12 aromatic rings. The average molecular weight is 1680 g/mol. The number of allylic oxidation sites excluding steroid dienone is 3. The van der Waals surface area contributed by atoms with Crippen molar-refractivity contribution in [3.63, 3.8) is 0 Å². The molecule has 2 aliphatic carbocycles. The topological polar surface area (TPSA) is 162 Å². The number of para-hydroxylation sites is 2. The summed E-state index contributed by atoms with van der Waals surface area (Å²) in [6, 6.07) is 57.1. The Morgan fingerprint density at radius 1 is 0.542 bits per heavy atom. The second kappa shape index (κ2) is 40.7. The van der Waals surface area contributed by atoms with Gasteiger partial charge in [-0.3, -0.25) is 8.80 Å². The number of halogens is 2. The second-order valence-corrected chi connectivity index (χ2v) is 32.8. The molecule has 1 aliphatic heterocycles. The van der Waals surface area contributed by atoms with Gasteiger partial charge in [-0.1, -0.05) is 193 Å². The van der Waals surface area contributed by atoms with Gasteiger partial charge in [-0.15, -0.1) is 6.58 Å². The molecule has 15 rings (SSSR count). The summed E-state index contributed by atoms with van der Waals surface area (Å²) in [7, 11) is 3.38. The van der Waals surface area contributed by atoms with Gasteiger partial charge >= 0.3 is 130 Å². The number of nitrogens with zero attached hydrogens (tertiary/aromatic N) is 4.